The Morgan fingerprint density at radius 1 is 1.53 bits per heavy atom. The number of halogens is 1. The van der Waals surface area contributed by atoms with Crippen LogP contribution in [-0.4, -0.2) is 25.0 Å². The quantitative estimate of drug-likeness (QED) is 0.771. The lowest BCUT2D eigenvalue weighted by Crippen LogP contribution is -2.30. The second kappa shape index (κ2) is 4.71. The Morgan fingerprint density at radius 3 is 2.67 bits per heavy atom. The van der Waals surface area contributed by atoms with Gasteiger partial charge in [-0.2, -0.15) is 0 Å². The van der Waals surface area contributed by atoms with E-state index in [1.807, 2.05) is 0 Å². The fourth-order valence-corrected chi connectivity index (χ4v) is 2.12. The number of hydrogen-bond acceptors (Lipinski definition) is 2. The lowest BCUT2D eigenvalue weighted by Gasteiger charge is -2.10. The molecule has 1 saturated heterocycles. The molecule has 2 aliphatic rings. The smallest absolute Gasteiger partial charge is 0.220 e. The molecule has 1 heterocycles. The molecule has 4 heteroatoms. The van der Waals surface area contributed by atoms with Crippen molar-refractivity contribution in [2.45, 2.75) is 39.2 Å². The average molecular weight is 233 g/mol. The summed E-state index contributed by atoms with van der Waals surface area (Å²) in [6, 6.07) is 0.435. The molecule has 0 spiro atoms. The number of rotatable bonds is 3. The zero-order valence-corrected chi connectivity index (χ0v) is 10.3. The highest BCUT2D eigenvalue weighted by molar-refractivity contribution is 5.85. The zero-order valence-electron chi connectivity index (χ0n) is 9.51. The van der Waals surface area contributed by atoms with Gasteiger partial charge in [-0.15, -0.1) is 12.4 Å². The van der Waals surface area contributed by atoms with Crippen LogP contribution < -0.4 is 10.6 Å². The van der Waals surface area contributed by atoms with Gasteiger partial charge in [-0.25, -0.2) is 0 Å². The molecule has 3 nitrogen and oxygen atoms in total. The van der Waals surface area contributed by atoms with Crippen LogP contribution in [0.1, 0.15) is 33.1 Å². The first-order valence-corrected chi connectivity index (χ1v) is 5.58. The van der Waals surface area contributed by atoms with Gasteiger partial charge < -0.3 is 10.6 Å². The van der Waals surface area contributed by atoms with Crippen molar-refractivity contribution in [2.75, 3.05) is 13.1 Å². The molecule has 1 unspecified atom stereocenters. The summed E-state index contributed by atoms with van der Waals surface area (Å²) in [5.74, 6) is 0.811. The van der Waals surface area contributed by atoms with Crippen LogP contribution in [0.4, 0.5) is 0 Å². The van der Waals surface area contributed by atoms with Gasteiger partial charge in [-0.1, -0.05) is 13.8 Å². The van der Waals surface area contributed by atoms with E-state index in [0.29, 0.717) is 23.8 Å². The summed E-state index contributed by atoms with van der Waals surface area (Å²) in [5, 5.41) is 6.39. The molecule has 1 saturated carbocycles. The predicted molar refractivity (Wildman–Crippen MR) is 63.2 cm³/mol. The minimum Gasteiger partial charge on any atom is -0.353 e. The number of carbonyl (C=O) groups is 1. The van der Waals surface area contributed by atoms with E-state index in [1.165, 1.54) is 0 Å². The highest BCUT2D eigenvalue weighted by Gasteiger charge is 2.46. The molecule has 2 N–H and O–H groups in total. The summed E-state index contributed by atoms with van der Waals surface area (Å²) in [6.07, 6.45) is 3.00. The van der Waals surface area contributed by atoms with Crippen molar-refractivity contribution in [1.82, 2.24) is 10.6 Å². The topological polar surface area (TPSA) is 41.1 Å². The van der Waals surface area contributed by atoms with Gasteiger partial charge in [0.15, 0.2) is 0 Å². The maximum atomic E-state index is 11.6. The standard InChI is InChI=1S/C11H20N2O.ClH/c1-11(2)6-9(11)13-10(14)5-8-3-4-12-7-8;/h8-9,12H,3-7H2,1-2H3,(H,13,14);1H/t8-,9?;/m0./s1. The Hall–Kier alpha value is -0.280. The number of hydrogen-bond donors (Lipinski definition) is 2. The molecule has 1 amide bonds. The van der Waals surface area contributed by atoms with Gasteiger partial charge >= 0.3 is 0 Å². The van der Waals surface area contributed by atoms with Gasteiger partial charge in [0.25, 0.3) is 0 Å². The molecule has 0 bridgehead atoms. The maximum absolute atomic E-state index is 11.6. The third-order valence-electron chi connectivity index (χ3n) is 3.49. The van der Waals surface area contributed by atoms with E-state index < -0.39 is 0 Å². The van der Waals surface area contributed by atoms with Gasteiger partial charge in [-0.3, -0.25) is 4.79 Å². The molecule has 1 aliphatic heterocycles. The summed E-state index contributed by atoms with van der Waals surface area (Å²) in [5.41, 5.74) is 0.351. The molecule has 0 aromatic carbocycles. The monoisotopic (exact) mass is 232 g/mol. The Bertz CT molecular complexity index is 228. The summed E-state index contributed by atoms with van der Waals surface area (Å²) >= 11 is 0. The molecule has 15 heavy (non-hydrogen) atoms. The van der Waals surface area contributed by atoms with Gasteiger partial charge in [0.1, 0.15) is 0 Å². The number of amides is 1. The third-order valence-corrected chi connectivity index (χ3v) is 3.49. The van der Waals surface area contributed by atoms with E-state index in [-0.39, 0.29) is 18.3 Å². The fraction of sp³-hybridized carbons (Fsp3) is 0.909. The van der Waals surface area contributed by atoms with E-state index in [0.717, 1.165) is 25.9 Å². The predicted octanol–water partition coefficient (Wildman–Crippen LogP) is 1.32. The van der Waals surface area contributed by atoms with Crippen LogP contribution in [-0.2, 0) is 4.79 Å². The number of carbonyl (C=O) groups excluding carboxylic acids is 1. The Kier molecular flexibility index (Phi) is 4.01. The van der Waals surface area contributed by atoms with E-state index in [1.54, 1.807) is 0 Å². The normalized spacial score (nSPS) is 31.9. The molecule has 1 aliphatic carbocycles. The Balaban J connectivity index is 0.00000112. The largest absolute Gasteiger partial charge is 0.353 e. The summed E-state index contributed by atoms with van der Waals surface area (Å²) in [7, 11) is 0. The molecule has 2 fully saturated rings. The van der Waals surface area contributed by atoms with Crippen LogP contribution in [0.2, 0.25) is 0 Å². The maximum Gasteiger partial charge on any atom is 0.220 e. The second-order valence-corrected chi connectivity index (χ2v) is 5.38. The van der Waals surface area contributed by atoms with Crippen molar-refractivity contribution in [3.8, 4) is 0 Å². The van der Waals surface area contributed by atoms with Gasteiger partial charge in [-0.05, 0) is 37.3 Å². The van der Waals surface area contributed by atoms with Crippen LogP contribution in [0.15, 0.2) is 0 Å². The van der Waals surface area contributed by atoms with Crippen LogP contribution >= 0.6 is 12.4 Å². The first kappa shape index (κ1) is 12.8. The SMILES string of the molecule is CC1(C)CC1NC(=O)C[C@@H]1CCNC1.Cl. The van der Waals surface area contributed by atoms with E-state index in [9.17, 15) is 4.79 Å². The molecule has 0 aromatic rings. The highest BCUT2D eigenvalue weighted by Crippen LogP contribution is 2.44. The lowest BCUT2D eigenvalue weighted by atomic mass is 10.0. The first-order valence-electron chi connectivity index (χ1n) is 5.58. The van der Waals surface area contributed by atoms with E-state index in [2.05, 4.69) is 24.5 Å². The molecular weight excluding hydrogens is 212 g/mol. The van der Waals surface area contributed by atoms with Crippen molar-refractivity contribution >= 4 is 18.3 Å². The fourth-order valence-electron chi connectivity index (χ4n) is 2.12. The lowest BCUT2D eigenvalue weighted by molar-refractivity contribution is -0.122. The van der Waals surface area contributed by atoms with Gasteiger partial charge in [0.2, 0.25) is 5.91 Å². The summed E-state index contributed by atoms with van der Waals surface area (Å²) < 4.78 is 0. The molecule has 2 rings (SSSR count). The van der Waals surface area contributed by atoms with Crippen molar-refractivity contribution < 1.29 is 4.79 Å². The Morgan fingerprint density at radius 2 is 2.20 bits per heavy atom. The second-order valence-electron chi connectivity index (χ2n) is 5.38. The number of nitrogens with one attached hydrogen (secondary N) is 2. The van der Waals surface area contributed by atoms with Crippen molar-refractivity contribution in [3.05, 3.63) is 0 Å². The van der Waals surface area contributed by atoms with Crippen LogP contribution in [0, 0.1) is 11.3 Å². The van der Waals surface area contributed by atoms with Crippen molar-refractivity contribution in [2.24, 2.45) is 11.3 Å². The summed E-state index contributed by atoms with van der Waals surface area (Å²) in [6.45, 7) is 6.50. The highest BCUT2D eigenvalue weighted by atomic mass is 35.5. The minimum atomic E-state index is 0. The first-order chi connectivity index (χ1) is 6.58. The average Bonchev–Trinajstić information content (AvgIpc) is 2.49. The van der Waals surface area contributed by atoms with Gasteiger partial charge in [0.05, 0.1) is 0 Å². The Labute approximate surface area is 97.8 Å². The minimum absolute atomic E-state index is 0. The molecule has 88 valence electrons. The molecule has 0 aromatic heterocycles. The van der Waals surface area contributed by atoms with Gasteiger partial charge in [0, 0.05) is 12.5 Å². The third kappa shape index (κ3) is 3.35. The molecule has 2 atom stereocenters. The van der Waals surface area contributed by atoms with Crippen molar-refractivity contribution in [1.29, 1.82) is 0 Å². The summed E-state index contributed by atoms with van der Waals surface area (Å²) in [4.78, 5) is 11.6. The molecule has 0 radical (unpaired) electrons. The molecular formula is C11H21ClN2O. The van der Waals surface area contributed by atoms with E-state index >= 15 is 0 Å². The van der Waals surface area contributed by atoms with Crippen LogP contribution in [0.5, 0.6) is 0 Å². The zero-order chi connectivity index (χ0) is 10.2. The van der Waals surface area contributed by atoms with Crippen LogP contribution in [0.25, 0.3) is 0 Å². The van der Waals surface area contributed by atoms with E-state index in [4.69, 9.17) is 0 Å². The van der Waals surface area contributed by atoms with Crippen molar-refractivity contribution in [3.63, 3.8) is 0 Å². The van der Waals surface area contributed by atoms with Crippen LogP contribution in [0.3, 0.4) is 0 Å².